The first-order valence-electron chi connectivity index (χ1n) is 15.7. The topological polar surface area (TPSA) is 68.7 Å². The van der Waals surface area contributed by atoms with E-state index in [9.17, 15) is 9.59 Å². The smallest absolute Gasteiger partial charge is 0.264 e. The second-order valence-corrected chi connectivity index (χ2v) is 13.2. The van der Waals surface area contributed by atoms with Crippen LogP contribution in [0.25, 0.3) is 103 Å². The number of allylic oxidation sites excluding steroid dienone is 2. The van der Waals surface area contributed by atoms with Gasteiger partial charge in [-0.05, 0) is 79.5 Å². The Morgan fingerprint density at radius 1 is 0.565 bits per heavy atom. The van der Waals surface area contributed by atoms with Gasteiger partial charge < -0.3 is 0 Å². The Morgan fingerprint density at radius 3 is 1.87 bits per heavy atom. The molecule has 0 radical (unpaired) electrons. The van der Waals surface area contributed by atoms with Gasteiger partial charge in [-0.25, -0.2) is 4.98 Å². The minimum atomic E-state index is -0.112. The Bertz CT molecular complexity index is 3460. The lowest BCUT2D eigenvalue weighted by Crippen LogP contribution is -2.34. The normalized spacial score (nSPS) is 18.2. The van der Waals surface area contributed by atoms with Crippen molar-refractivity contribution < 1.29 is 0 Å². The van der Waals surface area contributed by atoms with E-state index in [-0.39, 0.29) is 23.2 Å². The standard InChI is InChI=1S/C40H18N4O2/c45-39-23-15-19-11-12-20-16-24-34-22(38-42-26-6-2-4-8-28(26)44(38)40(24)46)14-18-10-9-17-13-21(37-41-25-5-1-3-7-27(25)43(37)39)33(23)35-29(17)30(18)36(34)32(20)31(19)35/h1-16,25,27H. The average molecular weight is 587 g/mol. The van der Waals surface area contributed by atoms with Gasteiger partial charge in [0.15, 0.2) is 0 Å². The molecule has 210 valence electrons. The average Bonchev–Trinajstić information content (AvgIpc) is 3.68. The van der Waals surface area contributed by atoms with E-state index in [1.54, 1.807) is 4.40 Å². The number of fused-ring (bicyclic) bond motifs is 8. The molecule has 0 N–H and O–H groups in total. The fraction of sp³-hybridized carbons (Fsp3) is 0.0500. The zero-order valence-corrected chi connectivity index (χ0v) is 24.0. The Balaban J connectivity index is 1.37. The molecule has 11 aromatic rings. The maximum absolute atomic E-state index is 14.4. The molecule has 0 bridgehead atoms. The van der Waals surface area contributed by atoms with Crippen molar-refractivity contribution >= 4 is 103 Å². The molecule has 6 heteroatoms. The molecule has 2 atom stereocenters. The van der Waals surface area contributed by atoms with Gasteiger partial charge in [0.1, 0.15) is 11.1 Å². The van der Waals surface area contributed by atoms with Crippen molar-refractivity contribution in [3.05, 3.63) is 123 Å². The SMILES string of the molecule is O=c1c2cc3ccc4cc5c(=O)n6c7ccccc7nc6c6cc7ccc8cc(c9n1C1C=CC=CC1N=9)c2c1c3c4c(c56)c7c81. The summed E-state index contributed by atoms with van der Waals surface area (Å²) in [6.07, 6.45) is 8.21. The Hall–Kier alpha value is -6.14. The van der Waals surface area contributed by atoms with Crippen molar-refractivity contribution in [2.45, 2.75) is 12.1 Å². The van der Waals surface area contributed by atoms with Crippen LogP contribution in [-0.4, -0.2) is 20.0 Å². The van der Waals surface area contributed by atoms with Gasteiger partial charge in [0.2, 0.25) is 0 Å². The predicted molar refractivity (Wildman–Crippen MR) is 186 cm³/mol. The summed E-state index contributed by atoms with van der Waals surface area (Å²) in [6.45, 7) is 0. The number of hydrogen-bond donors (Lipinski definition) is 0. The Kier molecular flexibility index (Phi) is 3.36. The third kappa shape index (κ3) is 2.17. The van der Waals surface area contributed by atoms with Crippen LogP contribution in [0.5, 0.6) is 0 Å². The highest BCUT2D eigenvalue weighted by molar-refractivity contribution is 6.50. The zero-order chi connectivity index (χ0) is 29.7. The third-order valence-corrected chi connectivity index (χ3v) is 11.1. The van der Waals surface area contributed by atoms with E-state index < -0.39 is 0 Å². The summed E-state index contributed by atoms with van der Waals surface area (Å²) >= 11 is 0. The van der Waals surface area contributed by atoms with Crippen molar-refractivity contribution in [3.8, 4) is 0 Å². The molecule has 1 aliphatic heterocycles. The van der Waals surface area contributed by atoms with E-state index in [2.05, 4.69) is 60.7 Å². The van der Waals surface area contributed by atoms with Crippen molar-refractivity contribution in [1.29, 1.82) is 0 Å². The molecule has 8 aromatic carbocycles. The van der Waals surface area contributed by atoms with Crippen LogP contribution >= 0.6 is 0 Å². The summed E-state index contributed by atoms with van der Waals surface area (Å²) in [5.74, 6) is 0. The Labute approximate surface area is 256 Å². The van der Waals surface area contributed by atoms with Crippen LogP contribution in [0, 0.1) is 0 Å². The van der Waals surface area contributed by atoms with E-state index in [4.69, 9.17) is 9.98 Å². The predicted octanol–water partition coefficient (Wildman–Crippen LogP) is 7.37. The van der Waals surface area contributed by atoms with Crippen molar-refractivity contribution in [2.24, 2.45) is 4.99 Å². The van der Waals surface area contributed by atoms with Crippen LogP contribution in [-0.2, 0) is 0 Å². The van der Waals surface area contributed by atoms with E-state index >= 15 is 0 Å². The monoisotopic (exact) mass is 586 g/mol. The fourth-order valence-electron chi connectivity index (χ4n) is 9.39. The first-order valence-corrected chi connectivity index (χ1v) is 15.7. The number of aromatic nitrogens is 3. The molecule has 0 fully saturated rings. The van der Waals surface area contributed by atoms with E-state index in [1.165, 1.54) is 0 Å². The van der Waals surface area contributed by atoms with Crippen LogP contribution in [0.4, 0.5) is 0 Å². The van der Waals surface area contributed by atoms with Gasteiger partial charge in [0, 0.05) is 43.1 Å². The van der Waals surface area contributed by atoms with Crippen LogP contribution < -0.4 is 16.6 Å². The molecule has 13 rings (SSSR count). The van der Waals surface area contributed by atoms with Gasteiger partial charge in [0.05, 0.1) is 23.1 Å². The van der Waals surface area contributed by atoms with Gasteiger partial charge in [-0.2, -0.15) is 0 Å². The molecule has 0 spiro atoms. The van der Waals surface area contributed by atoms with Crippen LogP contribution in [0.15, 0.2) is 112 Å². The summed E-state index contributed by atoms with van der Waals surface area (Å²) in [5, 5.41) is 16.5. The number of hydrogen-bond acceptors (Lipinski definition) is 4. The van der Waals surface area contributed by atoms with E-state index in [0.717, 1.165) is 97.3 Å². The van der Waals surface area contributed by atoms with Gasteiger partial charge >= 0.3 is 0 Å². The molecule has 46 heavy (non-hydrogen) atoms. The molecular weight excluding hydrogens is 568 g/mol. The van der Waals surface area contributed by atoms with Crippen LogP contribution in [0.3, 0.4) is 0 Å². The highest BCUT2D eigenvalue weighted by Crippen LogP contribution is 2.52. The molecule has 0 saturated heterocycles. The molecule has 0 amide bonds. The fourth-order valence-corrected chi connectivity index (χ4v) is 9.39. The number of imidazole rings is 1. The molecule has 4 heterocycles. The van der Waals surface area contributed by atoms with E-state index in [1.807, 2.05) is 41.0 Å². The minimum Gasteiger partial charge on any atom is -0.283 e. The first kappa shape index (κ1) is 22.4. The summed E-state index contributed by atoms with van der Waals surface area (Å²) < 4.78 is 3.69. The highest BCUT2D eigenvalue weighted by Gasteiger charge is 2.32. The molecule has 6 nitrogen and oxygen atoms in total. The molecule has 2 aliphatic rings. The number of pyridine rings is 2. The zero-order valence-electron chi connectivity index (χ0n) is 24.0. The quantitative estimate of drug-likeness (QED) is 0.138. The minimum absolute atomic E-state index is 0.00719. The van der Waals surface area contributed by atoms with Gasteiger partial charge in [0.25, 0.3) is 11.1 Å². The third-order valence-electron chi connectivity index (χ3n) is 11.1. The van der Waals surface area contributed by atoms with Crippen LogP contribution in [0.1, 0.15) is 6.04 Å². The number of nitrogens with zero attached hydrogens (tertiary/aromatic N) is 4. The molecule has 1 aliphatic carbocycles. The summed E-state index contributed by atoms with van der Waals surface area (Å²) in [7, 11) is 0. The molecule has 0 saturated carbocycles. The second-order valence-electron chi connectivity index (χ2n) is 13.2. The summed E-state index contributed by atoms with van der Waals surface area (Å²) in [5.41, 5.74) is 3.05. The van der Waals surface area contributed by atoms with Crippen molar-refractivity contribution in [1.82, 2.24) is 14.0 Å². The van der Waals surface area contributed by atoms with Gasteiger partial charge in [-0.15, -0.1) is 0 Å². The van der Waals surface area contributed by atoms with Crippen molar-refractivity contribution in [3.63, 3.8) is 0 Å². The lowest BCUT2D eigenvalue weighted by Gasteiger charge is -2.24. The van der Waals surface area contributed by atoms with Crippen molar-refractivity contribution in [2.75, 3.05) is 0 Å². The van der Waals surface area contributed by atoms with Gasteiger partial charge in [-0.3, -0.25) is 23.5 Å². The first-order chi connectivity index (χ1) is 22.7. The largest absolute Gasteiger partial charge is 0.283 e. The number of rotatable bonds is 0. The number of para-hydroxylation sites is 2. The second kappa shape index (κ2) is 6.90. The molecule has 2 unspecified atom stereocenters. The highest BCUT2D eigenvalue weighted by atomic mass is 16.1. The molecule has 3 aromatic heterocycles. The maximum Gasteiger partial charge on any atom is 0.264 e. The van der Waals surface area contributed by atoms with E-state index in [0.29, 0.717) is 11.0 Å². The lowest BCUT2D eigenvalue weighted by molar-refractivity contribution is 0.577. The van der Waals surface area contributed by atoms with Crippen LogP contribution in [0.2, 0.25) is 0 Å². The number of benzene rings is 8. The summed E-state index contributed by atoms with van der Waals surface area (Å²) in [4.78, 5) is 38.9. The molecular formula is C40H18N4O2. The maximum atomic E-state index is 14.4. The Morgan fingerprint density at radius 2 is 1.15 bits per heavy atom. The van der Waals surface area contributed by atoms with Gasteiger partial charge in [-0.1, -0.05) is 60.7 Å². The lowest BCUT2D eigenvalue weighted by atomic mass is 9.80. The summed E-state index contributed by atoms with van der Waals surface area (Å²) in [6, 6.07) is 24.9.